The lowest BCUT2D eigenvalue weighted by Gasteiger charge is -2.00. The van der Waals surface area contributed by atoms with Gasteiger partial charge in [0, 0.05) is 23.2 Å². The molecule has 2 aromatic carbocycles. The largest absolute Gasteiger partial charge is 0.265 e. The highest BCUT2D eigenvalue weighted by Crippen LogP contribution is 2.19. The number of fused-ring (bicyclic) bond motifs is 2. The van der Waals surface area contributed by atoms with E-state index in [-0.39, 0.29) is 0 Å². The quantitative estimate of drug-likeness (QED) is 0.698. The number of nitrogens with zero attached hydrogens (tertiary/aromatic N) is 2. The van der Waals surface area contributed by atoms with E-state index in [9.17, 15) is 0 Å². The number of aliphatic imine (C=N–C) groups is 1. The van der Waals surface area contributed by atoms with Crippen molar-refractivity contribution in [3.05, 3.63) is 107 Å². The lowest BCUT2D eigenvalue weighted by Crippen LogP contribution is -2.23. The van der Waals surface area contributed by atoms with Crippen LogP contribution in [-0.2, 0) is 0 Å². The van der Waals surface area contributed by atoms with Gasteiger partial charge in [0.2, 0.25) is 0 Å². The van der Waals surface area contributed by atoms with Gasteiger partial charge in [-0.3, -0.25) is 4.99 Å². The summed E-state index contributed by atoms with van der Waals surface area (Å²) in [4.78, 5) is 9.03. The Morgan fingerprint density at radius 3 is 2.50 bits per heavy atom. The summed E-state index contributed by atoms with van der Waals surface area (Å²) in [5, 5.41) is 2.03. The molecule has 2 nitrogen and oxygen atoms in total. The summed E-state index contributed by atoms with van der Waals surface area (Å²) in [5.74, 6) is 0. The molecular formula is C22H18N2. The molecule has 1 heterocycles. The summed E-state index contributed by atoms with van der Waals surface area (Å²) in [5.41, 5.74) is 2.03. The Balaban J connectivity index is 2.18. The molecule has 0 saturated carbocycles. The first-order chi connectivity index (χ1) is 11.9. The van der Waals surface area contributed by atoms with E-state index in [0.717, 1.165) is 21.8 Å². The van der Waals surface area contributed by atoms with E-state index in [1.54, 1.807) is 12.4 Å². The van der Waals surface area contributed by atoms with Crippen molar-refractivity contribution in [3.63, 3.8) is 0 Å². The monoisotopic (exact) mass is 310 g/mol. The number of benzene rings is 2. The number of hydrogen-bond donors (Lipinski definition) is 0. The van der Waals surface area contributed by atoms with Crippen molar-refractivity contribution in [1.29, 1.82) is 0 Å². The minimum atomic E-state index is 0.952. The topological polar surface area (TPSA) is 24.7 Å². The fourth-order valence-corrected chi connectivity index (χ4v) is 2.29. The van der Waals surface area contributed by atoms with Crippen molar-refractivity contribution in [2.45, 2.75) is 0 Å². The van der Waals surface area contributed by atoms with Crippen LogP contribution in [0.15, 0.2) is 101 Å². The minimum Gasteiger partial charge on any atom is -0.265 e. The van der Waals surface area contributed by atoms with Crippen LogP contribution in [0.3, 0.4) is 0 Å². The average molecular weight is 310 g/mol. The van der Waals surface area contributed by atoms with Crippen molar-refractivity contribution < 1.29 is 0 Å². The molecule has 0 N–H and O–H groups in total. The fraction of sp³-hybridized carbons (Fsp3) is 0. The predicted molar refractivity (Wildman–Crippen MR) is 103 cm³/mol. The van der Waals surface area contributed by atoms with Crippen LogP contribution in [0, 0.1) is 0 Å². The highest BCUT2D eigenvalue weighted by molar-refractivity contribution is 5.73. The standard InChI is InChI=1S/C22H18N2/c1-3-11-19-13-5-7-15-21(19)24-22-16-8-6-14-20(22)12-4-2-10-18-23-17-9-1/h1-18H/b3-1-,4-2?,9-1?,10-2-,11-3?,12-4-,17-9-,18-10?,19-11-,20-12?,23-17?,23-18-,24-21?,24-22?. The normalized spacial score (nSPS) is 21.8. The highest BCUT2D eigenvalue weighted by Gasteiger charge is 1.96. The van der Waals surface area contributed by atoms with Crippen molar-refractivity contribution >= 4 is 24.1 Å². The van der Waals surface area contributed by atoms with Crippen molar-refractivity contribution in [2.24, 2.45) is 9.98 Å². The zero-order chi connectivity index (χ0) is 16.5. The molecule has 0 fully saturated rings. The van der Waals surface area contributed by atoms with Gasteiger partial charge in [0.05, 0.1) is 11.0 Å². The molecule has 0 bridgehead atoms. The van der Waals surface area contributed by atoms with E-state index in [0.29, 0.717) is 0 Å². The van der Waals surface area contributed by atoms with Crippen LogP contribution in [0.5, 0.6) is 0 Å². The third kappa shape index (κ3) is 4.37. The van der Waals surface area contributed by atoms with Gasteiger partial charge in [-0.2, -0.15) is 0 Å². The number of rotatable bonds is 0. The van der Waals surface area contributed by atoms with E-state index < -0.39 is 0 Å². The third-order valence-electron chi connectivity index (χ3n) is 3.45. The second kappa shape index (κ2) is 8.39. The molecule has 1 aliphatic rings. The summed E-state index contributed by atoms with van der Waals surface area (Å²) in [6, 6.07) is 16.3. The second-order valence-corrected chi connectivity index (χ2v) is 5.16. The van der Waals surface area contributed by atoms with E-state index in [2.05, 4.69) is 29.3 Å². The Morgan fingerprint density at radius 1 is 0.667 bits per heavy atom. The molecule has 0 unspecified atom stereocenters. The molecule has 24 heavy (non-hydrogen) atoms. The lowest BCUT2D eigenvalue weighted by molar-refractivity contribution is 1.30. The molecular weight excluding hydrogens is 292 g/mol. The first-order valence-electron chi connectivity index (χ1n) is 7.86. The number of para-hydroxylation sites is 2. The van der Waals surface area contributed by atoms with E-state index in [1.165, 1.54) is 0 Å². The first kappa shape index (κ1) is 15.6. The molecule has 0 aromatic heterocycles. The zero-order valence-corrected chi connectivity index (χ0v) is 13.3. The Hall–Kier alpha value is -3.26. The third-order valence-corrected chi connectivity index (χ3v) is 3.45. The Labute approximate surface area is 141 Å². The maximum atomic E-state index is 4.85. The fourth-order valence-electron chi connectivity index (χ4n) is 2.29. The smallest absolute Gasteiger partial charge is 0.0709 e. The number of hydrogen-bond acceptors (Lipinski definition) is 2. The average Bonchev–Trinajstić information content (AvgIpc) is 2.61. The van der Waals surface area contributed by atoms with Gasteiger partial charge in [-0.15, -0.1) is 0 Å². The molecule has 3 rings (SSSR count). The van der Waals surface area contributed by atoms with Crippen LogP contribution < -0.4 is 10.6 Å². The maximum Gasteiger partial charge on any atom is 0.0709 e. The maximum absolute atomic E-state index is 4.85. The summed E-state index contributed by atoms with van der Waals surface area (Å²) in [6.45, 7) is 0. The second-order valence-electron chi connectivity index (χ2n) is 5.16. The summed E-state index contributed by atoms with van der Waals surface area (Å²) in [7, 11) is 0. The van der Waals surface area contributed by atoms with Gasteiger partial charge in [-0.25, -0.2) is 4.99 Å². The van der Waals surface area contributed by atoms with Crippen molar-refractivity contribution in [1.82, 2.24) is 0 Å². The summed E-state index contributed by atoms with van der Waals surface area (Å²) in [6.07, 6.45) is 19.3. The highest BCUT2D eigenvalue weighted by atomic mass is 14.7. The molecule has 2 heteroatoms. The zero-order valence-electron chi connectivity index (χ0n) is 13.3. The lowest BCUT2D eigenvalue weighted by atomic mass is 10.1. The van der Waals surface area contributed by atoms with Gasteiger partial charge in [0.15, 0.2) is 0 Å². The predicted octanol–water partition coefficient (Wildman–Crippen LogP) is 4.14. The number of allylic oxidation sites excluding steroid dienone is 6. The molecule has 2 aromatic rings. The van der Waals surface area contributed by atoms with Crippen LogP contribution in [0.25, 0.3) is 12.2 Å². The molecule has 0 aliphatic carbocycles. The van der Waals surface area contributed by atoms with Crippen molar-refractivity contribution in [3.8, 4) is 0 Å². The minimum absolute atomic E-state index is 0.952. The van der Waals surface area contributed by atoms with Crippen molar-refractivity contribution in [2.75, 3.05) is 0 Å². The van der Waals surface area contributed by atoms with Crippen LogP contribution in [0.2, 0.25) is 0 Å². The van der Waals surface area contributed by atoms with Gasteiger partial charge in [0.1, 0.15) is 0 Å². The van der Waals surface area contributed by atoms with Crippen LogP contribution in [-0.4, -0.2) is 6.21 Å². The Bertz CT molecular complexity index is 957. The van der Waals surface area contributed by atoms with Crippen LogP contribution in [0.4, 0.5) is 5.69 Å². The van der Waals surface area contributed by atoms with Gasteiger partial charge in [0.25, 0.3) is 0 Å². The Morgan fingerprint density at radius 2 is 1.50 bits per heavy atom. The molecule has 1 aliphatic heterocycles. The molecule has 0 saturated heterocycles. The molecule has 116 valence electrons. The van der Waals surface area contributed by atoms with Gasteiger partial charge in [-0.1, -0.05) is 72.9 Å². The van der Waals surface area contributed by atoms with Gasteiger partial charge in [-0.05, 0) is 24.3 Å². The molecule has 0 radical (unpaired) electrons. The SMILES string of the molecule is C1=C\C=N/C=C\C=C/C=c2/ccccc2=Nc2ccccc2\C=C/1. The summed E-state index contributed by atoms with van der Waals surface area (Å²) < 4.78 is 0. The van der Waals surface area contributed by atoms with Gasteiger partial charge < -0.3 is 0 Å². The molecule has 0 spiro atoms. The molecule has 0 amide bonds. The van der Waals surface area contributed by atoms with E-state index >= 15 is 0 Å². The first-order valence-corrected chi connectivity index (χ1v) is 7.86. The summed E-state index contributed by atoms with van der Waals surface area (Å²) >= 11 is 0. The van der Waals surface area contributed by atoms with Gasteiger partial charge >= 0.3 is 0 Å². The Kier molecular flexibility index (Phi) is 5.47. The molecule has 0 atom stereocenters. The van der Waals surface area contributed by atoms with E-state index in [1.807, 2.05) is 72.9 Å². The van der Waals surface area contributed by atoms with Crippen LogP contribution in [0.1, 0.15) is 5.56 Å². The van der Waals surface area contributed by atoms with E-state index in [4.69, 9.17) is 4.99 Å². The van der Waals surface area contributed by atoms with Crippen LogP contribution >= 0.6 is 0 Å².